The van der Waals surface area contributed by atoms with Crippen LogP contribution in [0.3, 0.4) is 0 Å². The number of nitrogens with zero attached hydrogens (tertiary/aromatic N) is 1. The highest BCUT2D eigenvalue weighted by molar-refractivity contribution is 5.29. The Bertz CT molecular complexity index is 423. The van der Waals surface area contributed by atoms with E-state index in [2.05, 4.69) is 5.32 Å². The average Bonchev–Trinajstić information content (AvgIpc) is 2.35. The third-order valence-corrected chi connectivity index (χ3v) is 2.54. The summed E-state index contributed by atoms with van der Waals surface area (Å²) < 4.78 is 41.1. The lowest BCUT2D eigenvalue weighted by Gasteiger charge is -2.15. The molecule has 0 saturated carbocycles. The van der Waals surface area contributed by atoms with Crippen LogP contribution in [0.15, 0.2) is 24.3 Å². The number of alkyl halides is 3. The molecule has 1 N–H and O–H groups in total. The van der Waals surface area contributed by atoms with Crippen molar-refractivity contribution in [2.45, 2.75) is 25.6 Å². The molecule has 3 nitrogen and oxygen atoms in total. The highest BCUT2D eigenvalue weighted by Gasteiger charge is 2.26. The van der Waals surface area contributed by atoms with Gasteiger partial charge in [-0.25, -0.2) is 0 Å². The van der Waals surface area contributed by atoms with Gasteiger partial charge in [-0.2, -0.15) is 18.4 Å². The van der Waals surface area contributed by atoms with Gasteiger partial charge in [0.15, 0.2) is 6.61 Å². The van der Waals surface area contributed by atoms with Crippen molar-refractivity contribution in [1.29, 1.82) is 5.26 Å². The fourth-order valence-corrected chi connectivity index (χ4v) is 1.52. The van der Waals surface area contributed by atoms with E-state index < -0.39 is 12.6 Å². The average molecular weight is 272 g/mol. The van der Waals surface area contributed by atoms with Gasteiger partial charge in [0, 0.05) is 12.6 Å². The minimum atomic E-state index is -4.14. The minimum absolute atomic E-state index is 0.0290. The Hall–Kier alpha value is -1.74. The van der Waals surface area contributed by atoms with Crippen LogP contribution in [0.4, 0.5) is 13.2 Å². The molecule has 0 bridgehead atoms. The lowest BCUT2D eigenvalue weighted by atomic mass is 10.1. The summed E-state index contributed by atoms with van der Waals surface area (Å²) in [6, 6.07) is 8.58. The molecular weight excluding hydrogens is 257 g/mol. The molecule has 1 unspecified atom stereocenters. The molecule has 1 aromatic carbocycles. The van der Waals surface area contributed by atoms with E-state index in [1.165, 1.54) is 0 Å². The largest absolute Gasteiger partial charge is 0.479 e. The predicted octanol–water partition coefficient (Wildman–Crippen LogP) is 3.19. The maximum absolute atomic E-state index is 12.0. The van der Waals surface area contributed by atoms with Crippen LogP contribution in [0.25, 0.3) is 0 Å². The zero-order valence-corrected chi connectivity index (χ0v) is 10.5. The van der Waals surface area contributed by atoms with E-state index in [1.54, 1.807) is 31.2 Å². The van der Waals surface area contributed by atoms with Crippen LogP contribution in [0, 0.1) is 11.3 Å². The molecule has 0 heterocycles. The third-order valence-electron chi connectivity index (χ3n) is 2.54. The van der Waals surface area contributed by atoms with Crippen molar-refractivity contribution in [1.82, 2.24) is 5.32 Å². The fraction of sp³-hybridized carbons (Fsp3) is 0.462. The first-order chi connectivity index (χ1) is 8.92. The maximum atomic E-state index is 12.0. The number of nitrogens with one attached hydrogen (secondary N) is 1. The summed E-state index contributed by atoms with van der Waals surface area (Å²) in [6.07, 6.45) is -4.98. The van der Waals surface area contributed by atoms with Gasteiger partial charge in [0.25, 0.3) is 0 Å². The molecule has 1 atom stereocenters. The second kappa shape index (κ2) is 7.00. The van der Waals surface area contributed by atoms with Crippen LogP contribution in [0.2, 0.25) is 0 Å². The molecule has 1 rings (SSSR count). The van der Waals surface area contributed by atoms with Crippen molar-refractivity contribution < 1.29 is 17.9 Å². The molecule has 1 aromatic rings. The van der Waals surface area contributed by atoms with Gasteiger partial charge in [-0.1, -0.05) is 12.1 Å². The van der Waals surface area contributed by atoms with Gasteiger partial charge in [0.2, 0.25) is 0 Å². The first-order valence-corrected chi connectivity index (χ1v) is 5.82. The standard InChI is InChI=1S/C13H15F3N2O/c1-10(18-8-6-13(14,15)16)11-2-4-12(5-3-11)19-9-7-17/h2-5,10,18H,6,8-9H2,1H3. The smallest absolute Gasteiger partial charge is 0.390 e. The summed E-state index contributed by atoms with van der Waals surface area (Å²) in [5.41, 5.74) is 0.867. The van der Waals surface area contributed by atoms with Crippen molar-refractivity contribution in [3.8, 4) is 11.8 Å². The van der Waals surface area contributed by atoms with Crippen molar-refractivity contribution in [3.05, 3.63) is 29.8 Å². The lowest BCUT2D eigenvalue weighted by molar-refractivity contribution is -0.133. The number of halogens is 3. The quantitative estimate of drug-likeness (QED) is 0.865. The summed E-state index contributed by atoms with van der Waals surface area (Å²) in [6.45, 7) is 1.65. The van der Waals surface area contributed by atoms with E-state index >= 15 is 0 Å². The molecule has 0 amide bonds. The van der Waals surface area contributed by atoms with Crippen LogP contribution in [-0.2, 0) is 0 Å². The van der Waals surface area contributed by atoms with E-state index in [-0.39, 0.29) is 19.2 Å². The Kier molecular flexibility index (Phi) is 5.64. The Morgan fingerprint density at radius 2 is 1.95 bits per heavy atom. The maximum Gasteiger partial charge on any atom is 0.390 e. The van der Waals surface area contributed by atoms with Gasteiger partial charge in [0.05, 0.1) is 6.42 Å². The molecule has 19 heavy (non-hydrogen) atoms. The van der Waals surface area contributed by atoms with Crippen molar-refractivity contribution >= 4 is 0 Å². The van der Waals surface area contributed by atoms with E-state index in [4.69, 9.17) is 10.00 Å². The van der Waals surface area contributed by atoms with Crippen LogP contribution >= 0.6 is 0 Å². The van der Waals surface area contributed by atoms with Crippen molar-refractivity contribution in [2.24, 2.45) is 0 Å². The fourth-order valence-electron chi connectivity index (χ4n) is 1.52. The number of hydrogen-bond acceptors (Lipinski definition) is 3. The number of nitriles is 1. The zero-order valence-electron chi connectivity index (χ0n) is 10.5. The number of ether oxygens (including phenoxy) is 1. The topological polar surface area (TPSA) is 45.0 Å². The summed E-state index contributed by atoms with van der Waals surface area (Å²) >= 11 is 0. The predicted molar refractivity (Wildman–Crippen MR) is 64.6 cm³/mol. The SMILES string of the molecule is CC(NCCC(F)(F)F)c1ccc(OCC#N)cc1. The van der Waals surface area contributed by atoms with Crippen LogP contribution < -0.4 is 10.1 Å². The zero-order chi connectivity index (χ0) is 14.3. The molecule has 0 fully saturated rings. The monoisotopic (exact) mass is 272 g/mol. The molecule has 0 aliphatic heterocycles. The van der Waals surface area contributed by atoms with E-state index in [1.807, 2.05) is 6.07 Å². The van der Waals surface area contributed by atoms with Crippen LogP contribution in [0.5, 0.6) is 5.75 Å². The Labute approximate surface area is 110 Å². The normalized spacial score (nSPS) is 12.8. The van der Waals surface area contributed by atoms with Gasteiger partial charge in [0.1, 0.15) is 11.8 Å². The summed E-state index contributed by atoms with van der Waals surface area (Å²) in [4.78, 5) is 0. The van der Waals surface area contributed by atoms with Gasteiger partial charge in [-0.3, -0.25) is 0 Å². The molecule has 0 saturated heterocycles. The third kappa shape index (κ3) is 6.11. The van der Waals surface area contributed by atoms with Gasteiger partial charge in [-0.15, -0.1) is 0 Å². The van der Waals surface area contributed by atoms with Gasteiger partial charge >= 0.3 is 6.18 Å². The number of benzene rings is 1. The first kappa shape index (κ1) is 15.3. The molecule has 0 spiro atoms. The van der Waals surface area contributed by atoms with Crippen molar-refractivity contribution in [3.63, 3.8) is 0 Å². The summed E-state index contributed by atoms with van der Waals surface area (Å²) in [7, 11) is 0. The van der Waals surface area contributed by atoms with Crippen molar-refractivity contribution in [2.75, 3.05) is 13.2 Å². The number of rotatable bonds is 6. The molecular formula is C13H15F3N2O. The lowest BCUT2D eigenvalue weighted by Crippen LogP contribution is -2.24. The van der Waals surface area contributed by atoms with E-state index in [0.29, 0.717) is 5.75 Å². The van der Waals surface area contributed by atoms with E-state index in [9.17, 15) is 13.2 Å². The van der Waals surface area contributed by atoms with Gasteiger partial charge in [-0.05, 0) is 24.6 Å². The molecule has 6 heteroatoms. The highest BCUT2D eigenvalue weighted by Crippen LogP contribution is 2.20. The minimum Gasteiger partial charge on any atom is -0.479 e. The highest BCUT2D eigenvalue weighted by atomic mass is 19.4. The molecule has 0 aromatic heterocycles. The van der Waals surface area contributed by atoms with E-state index in [0.717, 1.165) is 5.56 Å². The van der Waals surface area contributed by atoms with Crippen LogP contribution in [-0.4, -0.2) is 19.3 Å². The second-order valence-corrected chi connectivity index (χ2v) is 4.06. The molecule has 0 aliphatic rings. The first-order valence-electron chi connectivity index (χ1n) is 5.82. The molecule has 0 radical (unpaired) electrons. The molecule has 0 aliphatic carbocycles. The number of hydrogen-bond donors (Lipinski definition) is 1. The summed E-state index contributed by atoms with van der Waals surface area (Å²) in [5, 5.41) is 11.2. The molecule has 104 valence electrons. The van der Waals surface area contributed by atoms with Crippen LogP contribution in [0.1, 0.15) is 24.9 Å². The Balaban J connectivity index is 2.44. The Morgan fingerprint density at radius 3 is 2.47 bits per heavy atom. The van der Waals surface area contributed by atoms with Gasteiger partial charge < -0.3 is 10.1 Å². The summed E-state index contributed by atoms with van der Waals surface area (Å²) in [5.74, 6) is 0.563. The Morgan fingerprint density at radius 1 is 1.32 bits per heavy atom. The second-order valence-electron chi connectivity index (χ2n) is 4.06.